The summed E-state index contributed by atoms with van der Waals surface area (Å²) in [5.74, 6) is 4.66. The molecule has 5 rings (SSSR count). The quantitative estimate of drug-likeness (QED) is 0.323. The predicted molar refractivity (Wildman–Crippen MR) is 152 cm³/mol. The number of aliphatic hydroxyl groups is 1. The van der Waals surface area contributed by atoms with Gasteiger partial charge in [0.25, 0.3) is 0 Å². The van der Waals surface area contributed by atoms with Crippen LogP contribution in [-0.4, -0.2) is 39.3 Å². The third kappa shape index (κ3) is 4.84. The van der Waals surface area contributed by atoms with Crippen LogP contribution < -0.4 is 11.1 Å². The number of rotatable bonds is 9. The third-order valence-electron chi connectivity index (χ3n) is 12.5. The van der Waals surface area contributed by atoms with Crippen molar-refractivity contribution in [1.82, 2.24) is 15.3 Å². The molecule has 0 amide bonds. The number of hydrogen-bond donors (Lipinski definition) is 4. The van der Waals surface area contributed by atoms with Crippen LogP contribution in [-0.2, 0) is 6.42 Å². The molecule has 5 nitrogen and oxygen atoms in total. The average Bonchev–Trinajstić information content (AvgIpc) is 3.48. The van der Waals surface area contributed by atoms with E-state index in [4.69, 9.17) is 5.73 Å². The molecule has 37 heavy (non-hydrogen) atoms. The van der Waals surface area contributed by atoms with E-state index in [0.29, 0.717) is 17.3 Å². The van der Waals surface area contributed by atoms with Crippen LogP contribution >= 0.6 is 0 Å². The molecule has 4 saturated carbocycles. The van der Waals surface area contributed by atoms with Gasteiger partial charge in [0.2, 0.25) is 0 Å². The summed E-state index contributed by atoms with van der Waals surface area (Å²) < 4.78 is 0. The lowest BCUT2D eigenvalue weighted by Crippen LogP contribution is -2.72. The molecular formula is C32H56N4O. The molecule has 4 fully saturated rings. The van der Waals surface area contributed by atoms with Gasteiger partial charge in [-0.1, -0.05) is 53.9 Å². The van der Waals surface area contributed by atoms with Crippen molar-refractivity contribution >= 4 is 0 Å². The molecule has 0 aromatic carbocycles. The fourth-order valence-electron chi connectivity index (χ4n) is 10.4. The largest absolute Gasteiger partial charge is 0.388 e. The highest BCUT2D eigenvalue weighted by molar-refractivity contribution is 5.19. The number of fused-ring (bicyclic) bond motifs is 5. The molecular weight excluding hydrogens is 456 g/mol. The van der Waals surface area contributed by atoms with Gasteiger partial charge in [-0.2, -0.15) is 0 Å². The summed E-state index contributed by atoms with van der Waals surface area (Å²) >= 11 is 0. The Balaban J connectivity index is 1.36. The van der Waals surface area contributed by atoms with E-state index >= 15 is 0 Å². The van der Waals surface area contributed by atoms with Crippen molar-refractivity contribution in [3.8, 4) is 0 Å². The van der Waals surface area contributed by atoms with Gasteiger partial charge in [0.05, 0.1) is 17.6 Å². The van der Waals surface area contributed by atoms with E-state index in [0.717, 1.165) is 68.0 Å². The standard InChI is InChI=1S/C32H56N4O/c1-21(2)7-6-8-22(3)26-9-10-27-25-17-29(35-16-13-24-19-34-20-36-24)32(37)18-23(33)11-15-31(32,5)28(25)12-14-30(26,27)4/h19-23,25-29,35,37H,6-18,33H2,1-5H3,(H,34,36)/t22-,23+,25+,26-,27+,28+,29-,30-,31-,32+/m1/s1. The molecule has 0 radical (unpaired) electrons. The van der Waals surface area contributed by atoms with E-state index in [-0.39, 0.29) is 17.5 Å². The summed E-state index contributed by atoms with van der Waals surface area (Å²) in [6.07, 6.45) is 18.2. The van der Waals surface area contributed by atoms with Gasteiger partial charge < -0.3 is 21.1 Å². The van der Waals surface area contributed by atoms with Gasteiger partial charge in [-0.3, -0.25) is 0 Å². The monoisotopic (exact) mass is 512 g/mol. The number of aromatic amines is 1. The first-order valence-electron chi connectivity index (χ1n) is 15.8. The number of H-pyrrole nitrogens is 1. The first-order valence-corrected chi connectivity index (χ1v) is 15.8. The molecule has 0 bridgehead atoms. The Bertz CT molecular complexity index is 887. The Morgan fingerprint density at radius 2 is 1.92 bits per heavy atom. The number of hydrogen-bond acceptors (Lipinski definition) is 4. The first kappa shape index (κ1) is 27.6. The number of nitrogens with zero attached hydrogens (tertiary/aromatic N) is 1. The van der Waals surface area contributed by atoms with Gasteiger partial charge >= 0.3 is 0 Å². The van der Waals surface area contributed by atoms with Crippen molar-refractivity contribution in [3.63, 3.8) is 0 Å². The van der Waals surface area contributed by atoms with Gasteiger partial charge in [-0.25, -0.2) is 4.98 Å². The zero-order valence-electron chi connectivity index (χ0n) is 24.4. The van der Waals surface area contributed by atoms with Crippen molar-refractivity contribution in [3.05, 3.63) is 18.2 Å². The molecule has 4 aliphatic carbocycles. The highest BCUT2D eigenvalue weighted by Crippen LogP contribution is 2.69. The minimum Gasteiger partial charge on any atom is -0.388 e. The highest BCUT2D eigenvalue weighted by Gasteiger charge is 2.67. The molecule has 210 valence electrons. The van der Waals surface area contributed by atoms with Crippen molar-refractivity contribution in [1.29, 1.82) is 0 Å². The summed E-state index contributed by atoms with van der Waals surface area (Å²) in [5.41, 5.74) is 7.33. The zero-order chi connectivity index (χ0) is 26.4. The van der Waals surface area contributed by atoms with Crippen LogP contribution in [0.5, 0.6) is 0 Å². The molecule has 0 aliphatic heterocycles. The highest BCUT2D eigenvalue weighted by atomic mass is 16.3. The van der Waals surface area contributed by atoms with Crippen LogP contribution in [0.4, 0.5) is 0 Å². The van der Waals surface area contributed by atoms with E-state index in [1.54, 1.807) is 6.33 Å². The van der Waals surface area contributed by atoms with Gasteiger partial charge in [0, 0.05) is 36.7 Å². The normalized spacial score (nSPS) is 44.3. The lowest BCUT2D eigenvalue weighted by molar-refractivity contribution is -0.222. The van der Waals surface area contributed by atoms with Gasteiger partial charge in [-0.05, 0) is 92.3 Å². The Morgan fingerprint density at radius 1 is 1.11 bits per heavy atom. The number of aromatic nitrogens is 2. The zero-order valence-corrected chi connectivity index (χ0v) is 24.4. The van der Waals surface area contributed by atoms with Crippen molar-refractivity contribution in [2.75, 3.05) is 6.54 Å². The molecule has 1 aromatic rings. The third-order valence-corrected chi connectivity index (χ3v) is 12.5. The lowest BCUT2D eigenvalue weighted by atomic mass is 9.41. The predicted octanol–water partition coefficient (Wildman–Crippen LogP) is 6.08. The Morgan fingerprint density at radius 3 is 2.65 bits per heavy atom. The second-order valence-corrected chi connectivity index (χ2v) is 14.8. The molecule has 4 aliphatic rings. The average molecular weight is 513 g/mol. The minimum absolute atomic E-state index is 0.0436. The van der Waals surface area contributed by atoms with Crippen LogP contribution in [0.25, 0.3) is 0 Å². The summed E-state index contributed by atoms with van der Waals surface area (Å²) in [6, 6.07) is 0.232. The van der Waals surface area contributed by atoms with E-state index in [1.165, 1.54) is 44.9 Å². The summed E-state index contributed by atoms with van der Waals surface area (Å²) in [7, 11) is 0. The first-order chi connectivity index (χ1) is 17.6. The Kier molecular flexibility index (Phi) is 7.90. The van der Waals surface area contributed by atoms with E-state index in [9.17, 15) is 5.11 Å². The number of imidazole rings is 1. The molecule has 1 heterocycles. The second kappa shape index (κ2) is 10.6. The lowest BCUT2D eigenvalue weighted by Gasteiger charge is -2.66. The maximum absolute atomic E-state index is 12.5. The van der Waals surface area contributed by atoms with Gasteiger partial charge in [0.15, 0.2) is 0 Å². The molecule has 0 spiro atoms. The fourth-order valence-corrected chi connectivity index (χ4v) is 10.4. The molecule has 0 unspecified atom stereocenters. The van der Waals surface area contributed by atoms with Crippen LogP contribution in [0, 0.1) is 46.3 Å². The van der Waals surface area contributed by atoms with Crippen LogP contribution in [0.15, 0.2) is 12.5 Å². The number of nitrogens with one attached hydrogen (secondary N) is 2. The number of nitrogens with two attached hydrogens (primary N) is 1. The summed E-state index contributed by atoms with van der Waals surface area (Å²) in [5, 5.41) is 16.4. The van der Waals surface area contributed by atoms with Crippen molar-refractivity contribution < 1.29 is 5.11 Å². The Hall–Kier alpha value is -0.910. The minimum atomic E-state index is -0.715. The van der Waals surface area contributed by atoms with Gasteiger partial charge in [-0.15, -0.1) is 0 Å². The molecule has 10 atom stereocenters. The van der Waals surface area contributed by atoms with E-state index in [2.05, 4.69) is 49.9 Å². The molecule has 5 heteroatoms. The molecule has 0 saturated heterocycles. The summed E-state index contributed by atoms with van der Waals surface area (Å²) in [4.78, 5) is 7.49. The Labute approximate surface area is 226 Å². The topological polar surface area (TPSA) is 87.0 Å². The smallest absolute Gasteiger partial charge is 0.0923 e. The second-order valence-electron chi connectivity index (χ2n) is 14.8. The van der Waals surface area contributed by atoms with Crippen LogP contribution in [0.2, 0.25) is 0 Å². The molecule has 5 N–H and O–H groups in total. The maximum Gasteiger partial charge on any atom is 0.0923 e. The van der Waals surface area contributed by atoms with E-state index < -0.39 is 5.60 Å². The van der Waals surface area contributed by atoms with E-state index in [1.807, 2.05) is 6.20 Å². The van der Waals surface area contributed by atoms with Crippen molar-refractivity contribution in [2.45, 2.75) is 129 Å². The van der Waals surface area contributed by atoms with Crippen molar-refractivity contribution in [2.24, 2.45) is 52.1 Å². The molecule has 1 aromatic heterocycles. The SMILES string of the molecule is CC(C)CCC[C@@H](C)[C@H]1CC[C@H]2[C@@H]3C[C@@H](NCCc4c[nH]cn4)[C@@]4(O)C[C@@H](N)CC[C@]4(C)[C@H]3CC[C@]12C. The summed E-state index contributed by atoms with van der Waals surface area (Å²) in [6.45, 7) is 13.3. The fraction of sp³-hybridized carbons (Fsp3) is 0.906. The van der Waals surface area contributed by atoms with Crippen LogP contribution in [0.3, 0.4) is 0 Å². The van der Waals surface area contributed by atoms with Gasteiger partial charge in [0.1, 0.15) is 0 Å². The maximum atomic E-state index is 12.5. The van der Waals surface area contributed by atoms with Crippen LogP contribution in [0.1, 0.15) is 111 Å².